The Hall–Kier alpha value is -3.86. The van der Waals surface area contributed by atoms with Crippen LogP contribution < -0.4 is 10.3 Å². The molecule has 162 valence electrons. The molecule has 0 bridgehead atoms. The number of aromatic nitrogens is 1. The number of ether oxygens (including phenoxy) is 1. The van der Waals surface area contributed by atoms with E-state index in [1.54, 1.807) is 19.2 Å². The Balaban J connectivity index is 1.70. The Bertz CT molecular complexity index is 1280. The first-order chi connectivity index (χ1) is 15.6. The number of hydrogen-bond acceptors (Lipinski definition) is 3. The molecule has 1 aromatic heterocycles. The SMILES string of the molecule is COc1ccccc1CC(C)N(Cc1ccccc1)C(=O)c1cc2ccccc2c(=O)[nH]1. The summed E-state index contributed by atoms with van der Waals surface area (Å²) in [6, 6.07) is 26.6. The number of fused-ring (bicyclic) bond motifs is 1. The number of pyridine rings is 1. The van der Waals surface area contributed by atoms with Crippen molar-refractivity contribution < 1.29 is 9.53 Å². The summed E-state index contributed by atoms with van der Waals surface area (Å²) in [6.07, 6.45) is 0.625. The van der Waals surface area contributed by atoms with E-state index in [0.717, 1.165) is 22.3 Å². The fourth-order valence-corrected chi connectivity index (χ4v) is 3.99. The predicted octanol–water partition coefficient (Wildman–Crippen LogP) is 4.81. The molecule has 1 N–H and O–H groups in total. The number of hydrogen-bond donors (Lipinski definition) is 1. The Morgan fingerprint density at radius 1 is 0.969 bits per heavy atom. The Morgan fingerprint density at radius 2 is 1.66 bits per heavy atom. The van der Waals surface area contributed by atoms with Crippen LogP contribution in [0.5, 0.6) is 5.75 Å². The van der Waals surface area contributed by atoms with E-state index >= 15 is 0 Å². The molecule has 5 nitrogen and oxygen atoms in total. The number of methoxy groups -OCH3 is 1. The van der Waals surface area contributed by atoms with Gasteiger partial charge in [0.25, 0.3) is 11.5 Å². The molecule has 0 saturated heterocycles. The fraction of sp³-hybridized carbons (Fsp3) is 0.185. The summed E-state index contributed by atoms with van der Waals surface area (Å²) in [4.78, 5) is 30.8. The predicted molar refractivity (Wildman–Crippen MR) is 127 cm³/mol. The first kappa shape index (κ1) is 21.4. The fourth-order valence-electron chi connectivity index (χ4n) is 3.99. The minimum absolute atomic E-state index is 0.131. The molecule has 0 saturated carbocycles. The zero-order valence-electron chi connectivity index (χ0n) is 18.2. The van der Waals surface area contributed by atoms with Gasteiger partial charge in [-0.3, -0.25) is 9.59 Å². The van der Waals surface area contributed by atoms with Crippen molar-refractivity contribution in [2.45, 2.75) is 25.9 Å². The molecule has 5 heteroatoms. The van der Waals surface area contributed by atoms with Crippen molar-refractivity contribution in [2.75, 3.05) is 7.11 Å². The molecule has 0 radical (unpaired) electrons. The third-order valence-corrected chi connectivity index (χ3v) is 5.68. The van der Waals surface area contributed by atoms with Gasteiger partial charge in [0.1, 0.15) is 11.4 Å². The number of carbonyl (C=O) groups is 1. The number of aromatic amines is 1. The van der Waals surface area contributed by atoms with Gasteiger partial charge in [0.05, 0.1) is 7.11 Å². The van der Waals surface area contributed by atoms with Crippen LogP contribution in [0.25, 0.3) is 10.8 Å². The lowest BCUT2D eigenvalue weighted by Gasteiger charge is -2.30. The van der Waals surface area contributed by atoms with Crippen LogP contribution in [0.2, 0.25) is 0 Å². The maximum atomic E-state index is 13.7. The highest BCUT2D eigenvalue weighted by molar-refractivity contribution is 5.96. The van der Waals surface area contributed by atoms with Gasteiger partial charge in [-0.1, -0.05) is 66.7 Å². The molecule has 1 heterocycles. The summed E-state index contributed by atoms with van der Waals surface area (Å²) in [5.74, 6) is 0.588. The third kappa shape index (κ3) is 4.57. The lowest BCUT2D eigenvalue weighted by Crippen LogP contribution is -2.40. The molecule has 0 aliphatic rings. The number of rotatable bonds is 7. The van der Waals surface area contributed by atoms with Gasteiger partial charge in [0.2, 0.25) is 0 Å². The van der Waals surface area contributed by atoms with Crippen molar-refractivity contribution in [3.8, 4) is 5.75 Å². The topological polar surface area (TPSA) is 62.4 Å². The van der Waals surface area contributed by atoms with Crippen LogP contribution in [0.3, 0.4) is 0 Å². The maximum absolute atomic E-state index is 13.7. The molecular weight excluding hydrogens is 400 g/mol. The van der Waals surface area contributed by atoms with Crippen molar-refractivity contribution in [3.63, 3.8) is 0 Å². The summed E-state index contributed by atoms with van der Waals surface area (Å²) in [5.41, 5.74) is 2.08. The van der Waals surface area contributed by atoms with Crippen molar-refractivity contribution in [2.24, 2.45) is 0 Å². The van der Waals surface area contributed by atoms with Gasteiger partial charge in [-0.05, 0) is 48.1 Å². The highest BCUT2D eigenvalue weighted by Gasteiger charge is 2.24. The average Bonchev–Trinajstić information content (AvgIpc) is 2.83. The highest BCUT2D eigenvalue weighted by Crippen LogP contribution is 2.23. The van der Waals surface area contributed by atoms with Crippen LogP contribution in [0.4, 0.5) is 0 Å². The van der Waals surface area contributed by atoms with E-state index in [-0.39, 0.29) is 23.2 Å². The molecular formula is C27H26N2O3. The van der Waals surface area contributed by atoms with E-state index in [1.165, 1.54) is 0 Å². The zero-order chi connectivity index (χ0) is 22.5. The summed E-state index contributed by atoms with van der Waals surface area (Å²) >= 11 is 0. The average molecular weight is 427 g/mol. The van der Waals surface area contributed by atoms with E-state index in [2.05, 4.69) is 4.98 Å². The summed E-state index contributed by atoms with van der Waals surface area (Å²) in [7, 11) is 1.65. The van der Waals surface area contributed by atoms with E-state index < -0.39 is 0 Å². The van der Waals surface area contributed by atoms with Gasteiger partial charge in [0.15, 0.2) is 0 Å². The molecule has 1 unspecified atom stereocenters. The first-order valence-electron chi connectivity index (χ1n) is 10.7. The zero-order valence-corrected chi connectivity index (χ0v) is 18.2. The van der Waals surface area contributed by atoms with E-state index in [9.17, 15) is 9.59 Å². The second-order valence-electron chi connectivity index (χ2n) is 7.88. The van der Waals surface area contributed by atoms with Crippen LogP contribution in [-0.2, 0) is 13.0 Å². The van der Waals surface area contributed by atoms with Gasteiger partial charge in [-0.15, -0.1) is 0 Å². The molecule has 0 spiro atoms. The molecule has 4 rings (SSSR count). The van der Waals surface area contributed by atoms with Crippen molar-refractivity contribution in [1.82, 2.24) is 9.88 Å². The van der Waals surface area contributed by atoms with E-state index in [4.69, 9.17) is 4.74 Å². The van der Waals surface area contributed by atoms with Gasteiger partial charge >= 0.3 is 0 Å². The van der Waals surface area contributed by atoms with Gasteiger partial charge in [0, 0.05) is 18.0 Å². The van der Waals surface area contributed by atoms with E-state index in [1.807, 2.05) is 84.6 Å². The number of nitrogens with one attached hydrogen (secondary N) is 1. The summed E-state index contributed by atoms with van der Waals surface area (Å²) < 4.78 is 5.50. The number of H-pyrrole nitrogens is 1. The monoisotopic (exact) mass is 426 g/mol. The molecule has 1 atom stereocenters. The number of nitrogens with zero attached hydrogens (tertiary/aromatic N) is 1. The maximum Gasteiger partial charge on any atom is 0.270 e. The largest absolute Gasteiger partial charge is 0.496 e. The molecule has 32 heavy (non-hydrogen) atoms. The summed E-state index contributed by atoms with van der Waals surface area (Å²) in [5, 5.41) is 1.32. The number of carbonyl (C=O) groups excluding carboxylic acids is 1. The quantitative estimate of drug-likeness (QED) is 0.461. The number of amides is 1. The molecule has 3 aromatic carbocycles. The minimum atomic E-state index is -0.261. The van der Waals surface area contributed by atoms with Gasteiger partial charge in [-0.25, -0.2) is 0 Å². The number of para-hydroxylation sites is 1. The third-order valence-electron chi connectivity index (χ3n) is 5.68. The van der Waals surface area contributed by atoms with Crippen LogP contribution >= 0.6 is 0 Å². The van der Waals surface area contributed by atoms with Crippen molar-refractivity contribution in [3.05, 3.63) is 112 Å². The second kappa shape index (κ2) is 9.52. The minimum Gasteiger partial charge on any atom is -0.496 e. The van der Waals surface area contributed by atoms with Crippen molar-refractivity contribution >= 4 is 16.7 Å². The van der Waals surface area contributed by atoms with E-state index in [0.29, 0.717) is 18.4 Å². The molecule has 1 amide bonds. The lowest BCUT2D eigenvalue weighted by atomic mass is 10.0. The molecule has 0 fully saturated rings. The molecule has 0 aliphatic carbocycles. The van der Waals surface area contributed by atoms with Gasteiger partial charge in [-0.2, -0.15) is 0 Å². The van der Waals surface area contributed by atoms with Crippen molar-refractivity contribution in [1.29, 1.82) is 0 Å². The van der Waals surface area contributed by atoms with Crippen LogP contribution in [-0.4, -0.2) is 28.9 Å². The molecule has 4 aromatic rings. The van der Waals surface area contributed by atoms with Crippen LogP contribution in [0, 0.1) is 0 Å². The first-order valence-corrected chi connectivity index (χ1v) is 10.7. The normalized spacial score (nSPS) is 11.8. The van der Waals surface area contributed by atoms with Crippen LogP contribution in [0.15, 0.2) is 89.7 Å². The lowest BCUT2D eigenvalue weighted by molar-refractivity contribution is 0.0668. The molecule has 0 aliphatic heterocycles. The summed E-state index contributed by atoms with van der Waals surface area (Å²) in [6.45, 7) is 2.46. The Morgan fingerprint density at radius 3 is 2.44 bits per heavy atom. The van der Waals surface area contributed by atoms with Crippen LogP contribution in [0.1, 0.15) is 28.5 Å². The second-order valence-corrected chi connectivity index (χ2v) is 7.88. The standard InChI is InChI=1S/C27H26N2O3/c1-19(16-22-13-7-9-15-25(22)32-2)29(18-20-10-4-3-5-11-20)27(31)24-17-21-12-6-8-14-23(21)26(30)28-24/h3-15,17,19H,16,18H2,1-2H3,(H,28,30). The smallest absolute Gasteiger partial charge is 0.270 e. The Kier molecular flexibility index (Phi) is 6.36. The Labute approximate surface area is 187 Å². The highest BCUT2D eigenvalue weighted by atomic mass is 16.5. The van der Waals surface area contributed by atoms with Gasteiger partial charge < -0.3 is 14.6 Å². The number of benzene rings is 3.